The van der Waals surface area contributed by atoms with Gasteiger partial charge in [-0.15, -0.1) is 5.10 Å². The Labute approximate surface area is 192 Å². The summed E-state index contributed by atoms with van der Waals surface area (Å²) in [6, 6.07) is 16.1. The Morgan fingerprint density at radius 3 is 2.91 bits per heavy atom. The van der Waals surface area contributed by atoms with Gasteiger partial charge in [-0.1, -0.05) is 31.2 Å². The monoisotopic (exact) mass is 444 g/mol. The van der Waals surface area contributed by atoms with Crippen LogP contribution in [0.4, 0.5) is 5.69 Å². The van der Waals surface area contributed by atoms with Gasteiger partial charge >= 0.3 is 0 Å². The molecule has 170 valence electrons. The molecule has 0 fully saturated rings. The highest BCUT2D eigenvalue weighted by molar-refractivity contribution is 5.80. The fourth-order valence-corrected chi connectivity index (χ4v) is 4.72. The van der Waals surface area contributed by atoms with Crippen LogP contribution in [0.5, 0.6) is 0 Å². The summed E-state index contributed by atoms with van der Waals surface area (Å²) >= 11 is 0. The molecule has 0 amide bonds. The summed E-state index contributed by atoms with van der Waals surface area (Å²) < 4.78 is 7.01. The number of aromatic nitrogens is 5. The Kier molecular flexibility index (Phi) is 5.92. The van der Waals surface area contributed by atoms with E-state index in [0.717, 1.165) is 42.4 Å². The summed E-state index contributed by atoms with van der Waals surface area (Å²) in [5, 5.41) is 13.6. The van der Waals surface area contributed by atoms with Crippen molar-refractivity contribution >= 4 is 16.6 Å². The highest BCUT2D eigenvalue weighted by atomic mass is 16.5. The van der Waals surface area contributed by atoms with Gasteiger partial charge in [0.05, 0.1) is 13.2 Å². The average Bonchev–Trinajstić information content (AvgIpc) is 3.31. The van der Waals surface area contributed by atoms with E-state index in [2.05, 4.69) is 62.7 Å². The third-order valence-electron chi connectivity index (χ3n) is 6.41. The van der Waals surface area contributed by atoms with Crippen LogP contribution in [0.3, 0.4) is 0 Å². The number of rotatable bonds is 7. The first-order valence-corrected chi connectivity index (χ1v) is 11.4. The van der Waals surface area contributed by atoms with Crippen LogP contribution >= 0.6 is 0 Å². The minimum absolute atomic E-state index is 0.124. The minimum Gasteiger partial charge on any atom is -0.383 e. The first kappa shape index (κ1) is 21.3. The van der Waals surface area contributed by atoms with Gasteiger partial charge in [-0.2, -0.15) is 0 Å². The number of para-hydroxylation sites is 1. The second-order valence-electron chi connectivity index (χ2n) is 8.41. The van der Waals surface area contributed by atoms with Crippen molar-refractivity contribution in [1.29, 1.82) is 0 Å². The molecule has 0 aliphatic carbocycles. The number of aromatic amines is 1. The average molecular weight is 445 g/mol. The molecule has 3 heterocycles. The molecular formula is C25H28N6O2. The minimum atomic E-state index is -0.420. The van der Waals surface area contributed by atoms with Gasteiger partial charge in [0.2, 0.25) is 0 Å². The Hall–Kier alpha value is -3.52. The number of fused-ring (bicyclic) bond motifs is 2. The van der Waals surface area contributed by atoms with E-state index < -0.39 is 6.04 Å². The van der Waals surface area contributed by atoms with E-state index in [0.29, 0.717) is 24.5 Å². The molecule has 0 bridgehead atoms. The number of aryl methyl sites for hydroxylation is 2. The molecule has 2 aromatic heterocycles. The van der Waals surface area contributed by atoms with Crippen LogP contribution in [0.2, 0.25) is 0 Å². The molecule has 4 aromatic rings. The molecule has 1 atom stereocenters. The van der Waals surface area contributed by atoms with Crippen LogP contribution in [0.25, 0.3) is 10.9 Å². The van der Waals surface area contributed by atoms with E-state index in [1.165, 1.54) is 11.1 Å². The molecule has 1 aliphatic rings. The lowest BCUT2D eigenvalue weighted by molar-refractivity contribution is 0.181. The third-order valence-corrected chi connectivity index (χ3v) is 6.41. The third kappa shape index (κ3) is 4.02. The van der Waals surface area contributed by atoms with Crippen molar-refractivity contribution in [2.45, 2.75) is 38.8 Å². The first-order valence-electron chi connectivity index (χ1n) is 11.4. The van der Waals surface area contributed by atoms with Gasteiger partial charge in [0, 0.05) is 30.4 Å². The summed E-state index contributed by atoms with van der Waals surface area (Å²) in [6.07, 6.45) is 2.95. The Morgan fingerprint density at radius 2 is 2.06 bits per heavy atom. The van der Waals surface area contributed by atoms with Crippen molar-refractivity contribution in [1.82, 2.24) is 25.2 Å². The number of anilines is 1. The lowest BCUT2D eigenvalue weighted by atomic mass is 9.96. The van der Waals surface area contributed by atoms with Crippen molar-refractivity contribution < 1.29 is 4.74 Å². The molecule has 8 nitrogen and oxygen atoms in total. The fraction of sp³-hybridized carbons (Fsp3) is 0.360. The van der Waals surface area contributed by atoms with Gasteiger partial charge in [-0.3, -0.25) is 4.79 Å². The maximum Gasteiger partial charge on any atom is 0.254 e. The molecular weight excluding hydrogens is 416 g/mol. The van der Waals surface area contributed by atoms with Gasteiger partial charge < -0.3 is 14.6 Å². The Morgan fingerprint density at radius 1 is 1.18 bits per heavy atom. The molecule has 5 rings (SSSR count). The van der Waals surface area contributed by atoms with Crippen molar-refractivity contribution in [2.24, 2.45) is 0 Å². The number of hydrogen-bond acceptors (Lipinski definition) is 6. The number of nitrogens with one attached hydrogen (secondary N) is 1. The molecule has 8 heteroatoms. The summed E-state index contributed by atoms with van der Waals surface area (Å²) in [5.74, 6) is 0.639. The maximum atomic E-state index is 13.4. The van der Waals surface area contributed by atoms with Gasteiger partial charge in [-0.25, -0.2) is 4.68 Å². The van der Waals surface area contributed by atoms with E-state index in [4.69, 9.17) is 4.74 Å². The Balaban J connectivity index is 1.71. The first-order chi connectivity index (χ1) is 16.2. The summed E-state index contributed by atoms with van der Waals surface area (Å²) in [5.41, 5.74) is 4.97. The molecule has 0 saturated heterocycles. The van der Waals surface area contributed by atoms with Crippen LogP contribution in [0.15, 0.2) is 53.3 Å². The Bertz CT molecular complexity index is 1330. The lowest BCUT2D eigenvalue weighted by Gasteiger charge is -2.37. The number of nitrogens with zero attached hydrogens (tertiary/aromatic N) is 5. The van der Waals surface area contributed by atoms with E-state index >= 15 is 0 Å². The number of pyridine rings is 1. The second-order valence-corrected chi connectivity index (χ2v) is 8.41. The standard InChI is InChI=1S/C25H28N6O2/c1-3-17-10-11-21-19(15-17)16-20(25(32)26-21)23(24-27-28-29-31(24)13-14-33-2)30-12-6-8-18-7-4-5-9-22(18)30/h4-5,7,9-11,15-16,23H,3,6,8,12-14H2,1-2H3,(H,26,32). The van der Waals surface area contributed by atoms with Crippen molar-refractivity contribution in [3.8, 4) is 0 Å². The van der Waals surface area contributed by atoms with Crippen LogP contribution in [-0.2, 0) is 24.1 Å². The van der Waals surface area contributed by atoms with E-state index in [9.17, 15) is 4.79 Å². The highest BCUT2D eigenvalue weighted by Gasteiger charge is 2.33. The van der Waals surface area contributed by atoms with E-state index in [1.54, 1.807) is 11.8 Å². The number of tetrazole rings is 1. The van der Waals surface area contributed by atoms with Crippen molar-refractivity contribution in [3.63, 3.8) is 0 Å². The van der Waals surface area contributed by atoms with Crippen LogP contribution in [0, 0.1) is 0 Å². The molecule has 0 spiro atoms. The second kappa shape index (κ2) is 9.15. The van der Waals surface area contributed by atoms with Crippen LogP contribution < -0.4 is 10.5 Å². The molecule has 2 aromatic carbocycles. The number of hydrogen-bond donors (Lipinski definition) is 1. The summed E-state index contributed by atoms with van der Waals surface area (Å²) in [6.45, 7) is 3.93. The summed E-state index contributed by atoms with van der Waals surface area (Å²) in [4.78, 5) is 18.8. The van der Waals surface area contributed by atoms with Crippen molar-refractivity contribution in [2.75, 3.05) is 25.2 Å². The molecule has 1 aliphatic heterocycles. The fourth-order valence-electron chi connectivity index (χ4n) is 4.72. The quantitative estimate of drug-likeness (QED) is 0.471. The largest absolute Gasteiger partial charge is 0.383 e. The van der Waals surface area contributed by atoms with E-state index in [1.807, 2.05) is 18.2 Å². The zero-order valence-corrected chi connectivity index (χ0v) is 19.0. The molecule has 0 saturated carbocycles. The number of ether oxygens (including phenoxy) is 1. The zero-order chi connectivity index (χ0) is 22.8. The number of benzene rings is 2. The molecule has 1 N–H and O–H groups in total. The summed E-state index contributed by atoms with van der Waals surface area (Å²) in [7, 11) is 1.65. The maximum absolute atomic E-state index is 13.4. The zero-order valence-electron chi connectivity index (χ0n) is 19.0. The molecule has 0 radical (unpaired) electrons. The number of H-pyrrole nitrogens is 1. The van der Waals surface area contributed by atoms with Gasteiger partial charge in [-0.05, 0) is 70.5 Å². The predicted octanol–water partition coefficient (Wildman–Crippen LogP) is 3.27. The van der Waals surface area contributed by atoms with E-state index in [-0.39, 0.29) is 5.56 Å². The molecule has 33 heavy (non-hydrogen) atoms. The predicted molar refractivity (Wildman–Crippen MR) is 128 cm³/mol. The molecule has 1 unspecified atom stereocenters. The lowest BCUT2D eigenvalue weighted by Crippen LogP contribution is -2.38. The van der Waals surface area contributed by atoms with Crippen LogP contribution in [-0.4, -0.2) is 45.5 Å². The normalized spacial score (nSPS) is 14.4. The smallest absolute Gasteiger partial charge is 0.254 e. The van der Waals surface area contributed by atoms with Crippen LogP contribution in [0.1, 0.15) is 41.9 Å². The van der Waals surface area contributed by atoms with Crippen molar-refractivity contribution in [3.05, 3.63) is 81.4 Å². The highest BCUT2D eigenvalue weighted by Crippen LogP contribution is 2.36. The number of methoxy groups -OCH3 is 1. The van der Waals surface area contributed by atoms with Gasteiger partial charge in [0.1, 0.15) is 6.04 Å². The topological polar surface area (TPSA) is 88.9 Å². The van der Waals surface area contributed by atoms with Gasteiger partial charge in [0.25, 0.3) is 5.56 Å². The van der Waals surface area contributed by atoms with Gasteiger partial charge in [0.15, 0.2) is 5.82 Å². The SMILES string of the molecule is CCc1ccc2[nH]c(=O)c(C(c3nnnn3CCOC)N3CCCc4ccccc43)cc2c1.